The van der Waals surface area contributed by atoms with Crippen molar-refractivity contribution in [2.75, 3.05) is 125 Å². The van der Waals surface area contributed by atoms with E-state index in [1.54, 1.807) is 0 Å². The summed E-state index contributed by atoms with van der Waals surface area (Å²) in [6, 6.07) is 31.6. The molecule has 8 heterocycles. The van der Waals surface area contributed by atoms with E-state index < -0.39 is 6.16 Å². The summed E-state index contributed by atoms with van der Waals surface area (Å²) in [5, 5.41) is 0. The van der Waals surface area contributed by atoms with E-state index in [0.717, 1.165) is 128 Å². The highest BCUT2D eigenvalue weighted by Gasteiger charge is 2.45. The van der Waals surface area contributed by atoms with Gasteiger partial charge in [-0.1, -0.05) is 0 Å². The smallest absolute Gasteiger partial charge is 0.386 e. The summed E-state index contributed by atoms with van der Waals surface area (Å²) in [5.41, 5.74) is 4.14. The van der Waals surface area contributed by atoms with E-state index in [9.17, 15) is 0 Å². The van der Waals surface area contributed by atoms with Crippen molar-refractivity contribution in [3.8, 4) is 23.0 Å². The number of epoxide rings is 8. The molecule has 4 aromatic rings. The molecule has 0 spiro atoms. The molecule has 4 aromatic carbocycles. The number of hydrogen-bond acceptors (Lipinski definition) is 16. The van der Waals surface area contributed by atoms with Gasteiger partial charge in [0.05, 0.1) is 102 Å². The molecule has 12 rings (SSSR count). The second-order valence-electron chi connectivity index (χ2n) is 18.1. The quantitative estimate of drug-likeness (QED) is 0.0588. The molecule has 8 fully saturated rings. The van der Waals surface area contributed by atoms with Crippen LogP contribution in [0.2, 0.25) is 0 Å². The lowest BCUT2D eigenvalue weighted by Crippen LogP contribution is -2.53. The molecular weight excluding hydrogens is 837 g/mol. The predicted molar refractivity (Wildman–Crippen MR) is 238 cm³/mol. The van der Waals surface area contributed by atoms with Crippen LogP contribution >= 0.6 is 0 Å². The van der Waals surface area contributed by atoms with E-state index >= 15 is 0 Å². The van der Waals surface area contributed by atoms with Crippen LogP contribution < -0.4 is 38.5 Å². The minimum Gasteiger partial charge on any atom is -0.386 e. The standard InChI is InChI=1S/C49H56N4O12/c1-9-37(10-2-33(1)50(17-41-25-54-41)18-42-26-55-42)62-49(63-38-11-3-34(4-12-38)51(19-43-27-56-43)20-44-28-57-44,64-39-13-5-35(6-14-39)52(21-45-29-58-45)22-46-30-59-46)65-40-15-7-36(8-16-40)53(23-47-31-60-47)24-48-32-61-48/h1-16,41-48H,17-32H2. The Balaban J connectivity index is 0.866. The van der Waals surface area contributed by atoms with Crippen LogP contribution in [0.4, 0.5) is 22.7 Å². The fraction of sp³-hybridized carbons (Fsp3) is 0.510. The molecule has 65 heavy (non-hydrogen) atoms. The molecule has 8 aliphatic heterocycles. The number of anilines is 4. The molecule has 0 aromatic heterocycles. The average Bonchev–Trinajstić information content (AvgIpc) is 4.13. The Bertz CT molecular complexity index is 1820. The summed E-state index contributed by atoms with van der Waals surface area (Å²) >= 11 is 0. The van der Waals surface area contributed by atoms with Gasteiger partial charge in [0.1, 0.15) is 23.0 Å². The minimum atomic E-state index is -2.15. The van der Waals surface area contributed by atoms with Crippen molar-refractivity contribution in [2.24, 2.45) is 0 Å². The van der Waals surface area contributed by atoms with Gasteiger partial charge in [-0.05, 0) is 97.1 Å². The first-order valence-corrected chi connectivity index (χ1v) is 23.1. The molecule has 8 atom stereocenters. The number of nitrogens with zero attached hydrogens (tertiary/aromatic N) is 4. The molecule has 8 saturated heterocycles. The molecule has 8 unspecified atom stereocenters. The normalized spacial score (nSPS) is 27.9. The van der Waals surface area contributed by atoms with Crippen LogP contribution in [0, 0.1) is 0 Å². The van der Waals surface area contributed by atoms with Gasteiger partial charge in [-0.3, -0.25) is 0 Å². The Kier molecular flexibility index (Phi) is 11.4. The molecule has 16 heteroatoms. The van der Waals surface area contributed by atoms with Crippen LogP contribution in [0.1, 0.15) is 0 Å². The molecule has 0 saturated carbocycles. The molecule has 8 aliphatic rings. The number of ether oxygens (including phenoxy) is 12. The van der Waals surface area contributed by atoms with E-state index in [2.05, 4.69) is 19.6 Å². The Labute approximate surface area is 378 Å². The monoisotopic (exact) mass is 892 g/mol. The lowest BCUT2D eigenvalue weighted by atomic mass is 10.2. The van der Waals surface area contributed by atoms with E-state index in [4.69, 9.17) is 56.8 Å². The van der Waals surface area contributed by atoms with Gasteiger partial charge < -0.3 is 76.4 Å². The Morgan fingerprint density at radius 1 is 0.292 bits per heavy atom. The molecule has 0 aliphatic carbocycles. The van der Waals surface area contributed by atoms with Crippen LogP contribution in [0.15, 0.2) is 97.1 Å². The SMILES string of the molecule is c1cc(N(CC2CO2)CC2CO2)ccc1OC(Oc1ccc(N(CC2CO2)CC2CO2)cc1)(Oc1ccc(N(CC2CO2)CC2CO2)cc1)Oc1ccc(N(CC2CO2)CC2CO2)cc1. The Morgan fingerprint density at radius 3 is 0.585 bits per heavy atom. The van der Waals surface area contributed by atoms with Crippen molar-refractivity contribution in [1.82, 2.24) is 0 Å². The van der Waals surface area contributed by atoms with E-state index in [0.29, 0.717) is 23.0 Å². The molecule has 0 bridgehead atoms. The molecular formula is C49H56N4O12. The van der Waals surface area contributed by atoms with E-state index in [-0.39, 0.29) is 48.8 Å². The lowest BCUT2D eigenvalue weighted by molar-refractivity contribution is -0.367. The summed E-state index contributed by atoms with van der Waals surface area (Å²) in [5.74, 6) is 1.90. The van der Waals surface area contributed by atoms with Crippen LogP contribution in [0.5, 0.6) is 23.0 Å². The zero-order chi connectivity index (χ0) is 43.2. The maximum Gasteiger partial charge on any atom is 0.611 e. The lowest BCUT2D eigenvalue weighted by Gasteiger charge is -2.33. The maximum atomic E-state index is 6.87. The largest absolute Gasteiger partial charge is 0.611 e. The highest BCUT2D eigenvalue weighted by molar-refractivity contribution is 5.53. The molecule has 0 N–H and O–H groups in total. The highest BCUT2D eigenvalue weighted by atomic mass is 17.0. The Morgan fingerprint density at radius 2 is 0.446 bits per heavy atom. The van der Waals surface area contributed by atoms with Gasteiger partial charge in [-0.25, -0.2) is 0 Å². The first kappa shape index (κ1) is 41.4. The van der Waals surface area contributed by atoms with Gasteiger partial charge in [0.2, 0.25) is 0 Å². The minimum absolute atomic E-state index is 0.222. The van der Waals surface area contributed by atoms with Crippen molar-refractivity contribution in [3.05, 3.63) is 97.1 Å². The van der Waals surface area contributed by atoms with Gasteiger partial charge in [0, 0.05) is 75.1 Å². The summed E-state index contributed by atoms with van der Waals surface area (Å²) in [6.45, 7) is 12.5. The van der Waals surface area contributed by atoms with Gasteiger partial charge in [0.15, 0.2) is 0 Å². The highest BCUT2D eigenvalue weighted by Crippen LogP contribution is 2.35. The summed E-state index contributed by atoms with van der Waals surface area (Å²) < 4.78 is 72.3. The zero-order valence-electron chi connectivity index (χ0n) is 36.4. The molecule has 16 nitrogen and oxygen atoms in total. The van der Waals surface area contributed by atoms with Crippen molar-refractivity contribution in [1.29, 1.82) is 0 Å². The number of benzene rings is 4. The second kappa shape index (κ2) is 18.0. The van der Waals surface area contributed by atoms with Gasteiger partial charge in [0.25, 0.3) is 0 Å². The van der Waals surface area contributed by atoms with E-state index in [1.807, 2.05) is 97.1 Å². The van der Waals surface area contributed by atoms with Crippen LogP contribution in [-0.2, 0) is 37.9 Å². The van der Waals surface area contributed by atoms with Crippen LogP contribution in [0.3, 0.4) is 0 Å². The van der Waals surface area contributed by atoms with Crippen molar-refractivity contribution >= 4 is 22.7 Å². The maximum absolute atomic E-state index is 6.87. The molecule has 0 amide bonds. The predicted octanol–water partition coefficient (Wildman–Crippen LogP) is 4.33. The van der Waals surface area contributed by atoms with Crippen LogP contribution in [-0.4, -0.2) is 160 Å². The third-order valence-electron chi connectivity index (χ3n) is 12.4. The van der Waals surface area contributed by atoms with Crippen molar-refractivity contribution in [2.45, 2.75) is 55.0 Å². The third-order valence-corrected chi connectivity index (χ3v) is 12.4. The van der Waals surface area contributed by atoms with Crippen molar-refractivity contribution in [3.63, 3.8) is 0 Å². The fourth-order valence-electron chi connectivity index (χ4n) is 8.10. The zero-order valence-corrected chi connectivity index (χ0v) is 36.4. The summed E-state index contributed by atoms with van der Waals surface area (Å²) in [4.78, 5) is 9.21. The third kappa shape index (κ3) is 11.9. The van der Waals surface area contributed by atoms with Crippen LogP contribution in [0.25, 0.3) is 0 Å². The summed E-state index contributed by atoms with van der Waals surface area (Å²) in [7, 11) is 0. The fourth-order valence-corrected chi connectivity index (χ4v) is 8.10. The topological polar surface area (TPSA) is 150 Å². The number of hydrogen-bond donors (Lipinski definition) is 0. The molecule has 344 valence electrons. The van der Waals surface area contributed by atoms with Gasteiger partial charge >= 0.3 is 6.16 Å². The first-order chi connectivity index (χ1) is 32.0. The van der Waals surface area contributed by atoms with E-state index in [1.165, 1.54) is 0 Å². The van der Waals surface area contributed by atoms with Crippen molar-refractivity contribution < 1.29 is 56.8 Å². The summed E-state index contributed by atoms with van der Waals surface area (Å²) in [6.07, 6.45) is -0.368. The second-order valence-corrected chi connectivity index (χ2v) is 18.1. The average molecular weight is 893 g/mol. The molecule has 0 radical (unpaired) electrons. The first-order valence-electron chi connectivity index (χ1n) is 23.1. The number of rotatable bonds is 28. The van der Waals surface area contributed by atoms with Gasteiger partial charge in [-0.2, -0.15) is 0 Å². The van der Waals surface area contributed by atoms with Gasteiger partial charge in [-0.15, -0.1) is 0 Å². The Hall–Kier alpha value is -5.04.